The van der Waals surface area contributed by atoms with Crippen molar-refractivity contribution in [2.45, 2.75) is 19.8 Å². The molecule has 160 valence electrons. The highest BCUT2D eigenvalue weighted by atomic mass is 16.5. The number of carbonyl (C=O) groups excluding carboxylic acids is 1. The Labute approximate surface area is 176 Å². The molecule has 1 aromatic heterocycles. The van der Waals surface area contributed by atoms with Gasteiger partial charge in [-0.05, 0) is 43.5 Å². The lowest BCUT2D eigenvalue weighted by atomic mass is 10.2. The molecular formula is C22H28N4O4. The molecule has 1 N–H and O–H groups in total. The van der Waals surface area contributed by atoms with E-state index in [2.05, 4.69) is 20.2 Å². The number of methoxy groups -OCH3 is 2. The highest BCUT2D eigenvalue weighted by molar-refractivity contribution is 5.91. The summed E-state index contributed by atoms with van der Waals surface area (Å²) in [5.74, 6) is 3.16. The third-order valence-corrected chi connectivity index (χ3v) is 4.72. The van der Waals surface area contributed by atoms with Crippen LogP contribution in [0.1, 0.15) is 24.2 Å². The molecule has 2 aromatic rings. The zero-order valence-electron chi connectivity index (χ0n) is 17.7. The second-order valence-electron chi connectivity index (χ2n) is 6.89. The molecule has 1 aliphatic heterocycles. The Morgan fingerprint density at radius 2 is 1.90 bits per heavy atom. The lowest BCUT2D eigenvalue weighted by Crippen LogP contribution is -2.26. The van der Waals surface area contributed by atoms with Gasteiger partial charge in [-0.2, -0.15) is 4.98 Å². The number of rotatable bonds is 9. The summed E-state index contributed by atoms with van der Waals surface area (Å²) >= 11 is 0. The van der Waals surface area contributed by atoms with E-state index < -0.39 is 0 Å². The average molecular weight is 412 g/mol. The van der Waals surface area contributed by atoms with Gasteiger partial charge in [0.1, 0.15) is 18.2 Å². The molecule has 0 radical (unpaired) electrons. The van der Waals surface area contributed by atoms with Crippen molar-refractivity contribution in [2.24, 2.45) is 0 Å². The van der Waals surface area contributed by atoms with Gasteiger partial charge in [-0.15, -0.1) is 0 Å². The summed E-state index contributed by atoms with van der Waals surface area (Å²) in [4.78, 5) is 23.1. The van der Waals surface area contributed by atoms with Crippen LogP contribution in [0.5, 0.6) is 17.4 Å². The molecule has 1 aromatic carbocycles. The van der Waals surface area contributed by atoms with E-state index in [0.29, 0.717) is 36.4 Å². The monoisotopic (exact) mass is 412 g/mol. The van der Waals surface area contributed by atoms with Crippen LogP contribution in [0.3, 0.4) is 0 Å². The summed E-state index contributed by atoms with van der Waals surface area (Å²) in [5.41, 5.74) is 0.838. The number of hydrogen-bond donors (Lipinski definition) is 1. The molecule has 1 aliphatic rings. The van der Waals surface area contributed by atoms with E-state index in [9.17, 15) is 4.79 Å². The molecule has 2 heterocycles. The summed E-state index contributed by atoms with van der Waals surface area (Å²) in [6.07, 6.45) is 5.56. The fourth-order valence-corrected chi connectivity index (χ4v) is 3.22. The zero-order valence-corrected chi connectivity index (χ0v) is 17.7. The van der Waals surface area contributed by atoms with E-state index in [0.717, 1.165) is 24.5 Å². The van der Waals surface area contributed by atoms with Gasteiger partial charge >= 0.3 is 0 Å². The summed E-state index contributed by atoms with van der Waals surface area (Å²) in [6, 6.07) is 7.31. The number of carbonyl (C=O) groups is 1. The molecule has 30 heavy (non-hydrogen) atoms. The Bertz CT molecular complexity index is 895. The van der Waals surface area contributed by atoms with Crippen LogP contribution in [-0.2, 0) is 4.79 Å². The van der Waals surface area contributed by atoms with Gasteiger partial charge in [0.15, 0.2) is 11.5 Å². The van der Waals surface area contributed by atoms with Crippen LogP contribution in [0.25, 0.3) is 6.08 Å². The molecule has 1 fully saturated rings. The van der Waals surface area contributed by atoms with Gasteiger partial charge in [-0.25, -0.2) is 4.98 Å². The minimum Gasteiger partial charge on any atom is -0.493 e. The van der Waals surface area contributed by atoms with Crippen molar-refractivity contribution in [2.75, 3.05) is 45.4 Å². The molecule has 8 heteroatoms. The number of nitrogens with one attached hydrogen (secondary N) is 1. The SMILES string of the molecule is COc1ccc(C=CC(=O)NCCOc2cc(N3CCCC3)nc(C)n2)cc1OC. The first kappa shape index (κ1) is 21.4. The number of benzene rings is 1. The lowest BCUT2D eigenvalue weighted by Gasteiger charge is -2.17. The van der Waals surface area contributed by atoms with Gasteiger partial charge in [0, 0.05) is 25.2 Å². The van der Waals surface area contributed by atoms with E-state index in [4.69, 9.17) is 14.2 Å². The fraction of sp³-hybridized carbons (Fsp3) is 0.409. The predicted octanol–water partition coefficient (Wildman–Crippen LogP) is 2.61. The Morgan fingerprint density at radius 1 is 1.13 bits per heavy atom. The van der Waals surface area contributed by atoms with E-state index in [1.807, 2.05) is 19.1 Å². The average Bonchev–Trinajstić information content (AvgIpc) is 3.29. The number of ether oxygens (including phenoxy) is 3. The van der Waals surface area contributed by atoms with Gasteiger partial charge in [0.2, 0.25) is 11.8 Å². The maximum Gasteiger partial charge on any atom is 0.244 e. The molecule has 0 saturated carbocycles. The Kier molecular flexibility index (Phi) is 7.48. The van der Waals surface area contributed by atoms with Gasteiger partial charge in [0.05, 0.1) is 20.8 Å². The van der Waals surface area contributed by atoms with Crippen LogP contribution in [-0.4, -0.2) is 56.3 Å². The first-order valence-corrected chi connectivity index (χ1v) is 10.0. The predicted molar refractivity (Wildman–Crippen MR) is 115 cm³/mol. The zero-order chi connectivity index (χ0) is 21.3. The van der Waals surface area contributed by atoms with Gasteiger partial charge < -0.3 is 24.4 Å². The smallest absolute Gasteiger partial charge is 0.244 e. The Balaban J connectivity index is 1.46. The van der Waals surface area contributed by atoms with Crippen LogP contribution >= 0.6 is 0 Å². The summed E-state index contributed by atoms with van der Waals surface area (Å²) in [6.45, 7) is 4.58. The number of hydrogen-bond acceptors (Lipinski definition) is 7. The van der Waals surface area contributed by atoms with Crippen LogP contribution in [0, 0.1) is 6.92 Å². The largest absolute Gasteiger partial charge is 0.493 e. The molecule has 0 spiro atoms. The molecule has 3 rings (SSSR count). The second-order valence-corrected chi connectivity index (χ2v) is 6.89. The van der Waals surface area contributed by atoms with Crippen LogP contribution in [0.15, 0.2) is 30.3 Å². The number of anilines is 1. The number of aryl methyl sites for hydroxylation is 1. The van der Waals surface area contributed by atoms with E-state index >= 15 is 0 Å². The normalized spacial score (nSPS) is 13.5. The minimum atomic E-state index is -0.204. The van der Waals surface area contributed by atoms with Crippen LogP contribution < -0.4 is 24.4 Å². The Morgan fingerprint density at radius 3 is 2.63 bits per heavy atom. The van der Waals surface area contributed by atoms with Crippen LogP contribution in [0.2, 0.25) is 0 Å². The molecule has 1 amide bonds. The van der Waals surface area contributed by atoms with Crippen molar-refractivity contribution in [3.8, 4) is 17.4 Å². The van der Waals surface area contributed by atoms with Crippen molar-refractivity contribution >= 4 is 17.8 Å². The first-order valence-electron chi connectivity index (χ1n) is 10.0. The van der Waals surface area contributed by atoms with Crippen molar-refractivity contribution in [1.82, 2.24) is 15.3 Å². The van der Waals surface area contributed by atoms with E-state index in [1.165, 1.54) is 18.9 Å². The third-order valence-electron chi connectivity index (χ3n) is 4.72. The molecule has 8 nitrogen and oxygen atoms in total. The highest BCUT2D eigenvalue weighted by Crippen LogP contribution is 2.28. The number of nitrogens with zero attached hydrogens (tertiary/aromatic N) is 3. The summed E-state index contributed by atoms with van der Waals surface area (Å²) in [5, 5.41) is 2.80. The van der Waals surface area contributed by atoms with Gasteiger partial charge in [-0.1, -0.05) is 6.07 Å². The molecule has 0 atom stereocenters. The molecule has 0 unspecified atom stereocenters. The topological polar surface area (TPSA) is 85.8 Å². The maximum atomic E-state index is 12.0. The van der Waals surface area contributed by atoms with Crippen molar-refractivity contribution in [3.63, 3.8) is 0 Å². The van der Waals surface area contributed by atoms with E-state index in [1.54, 1.807) is 32.4 Å². The van der Waals surface area contributed by atoms with Crippen molar-refractivity contribution in [3.05, 3.63) is 41.7 Å². The van der Waals surface area contributed by atoms with Crippen molar-refractivity contribution < 1.29 is 19.0 Å². The summed E-state index contributed by atoms with van der Waals surface area (Å²) < 4.78 is 16.2. The molecule has 0 bridgehead atoms. The third kappa shape index (κ3) is 5.85. The van der Waals surface area contributed by atoms with Gasteiger partial charge in [-0.3, -0.25) is 4.79 Å². The Hall–Kier alpha value is -3.29. The molecule has 1 saturated heterocycles. The van der Waals surface area contributed by atoms with Crippen LogP contribution in [0.4, 0.5) is 5.82 Å². The standard InChI is InChI=1S/C22H28N4O4/c1-16-24-20(26-11-4-5-12-26)15-22(25-16)30-13-10-23-21(27)9-7-17-6-8-18(28-2)19(14-17)29-3/h6-9,14-15H,4-5,10-13H2,1-3H3,(H,23,27). The number of amides is 1. The quantitative estimate of drug-likeness (QED) is 0.500. The van der Waals surface area contributed by atoms with E-state index in [-0.39, 0.29) is 5.91 Å². The second kappa shape index (κ2) is 10.5. The minimum absolute atomic E-state index is 0.204. The number of aromatic nitrogens is 2. The fourth-order valence-electron chi connectivity index (χ4n) is 3.22. The maximum absolute atomic E-state index is 12.0. The molecule has 0 aliphatic carbocycles. The van der Waals surface area contributed by atoms with Gasteiger partial charge in [0.25, 0.3) is 0 Å². The highest BCUT2D eigenvalue weighted by Gasteiger charge is 2.15. The van der Waals surface area contributed by atoms with Crippen molar-refractivity contribution in [1.29, 1.82) is 0 Å². The first-order chi connectivity index (χ1) is 14.6. The lowest BCUT2D eigenvalue weighted by molar-refractivity contribution is -0.116. The summed E-state index contributed by atoms with van der Waals surface area (Å²) in [7, 11) is 3.16. The molecular weight excluding hydrogens is 384 g/mol.